The number of aromatic nitrogens is 2. The Morgan fingerprint density at radius 2 is 2.00 bits per heavy atom. The predicted octanol–water partition coefficient (Wildman–Crippen LogP) is 1.56. The minimum atomic E-state index is 0.383. The Morgan fingerprint density at radius 1 is 1.27 bits per heavy atom. The van der Waals surface area contributed by atoms with Gasteiger partial charge in [-0.2, -0.15) is 5.10 Å². The minimum absolute atomic E-state index is 0.383. The number of nitrogen functional groups attached to an aromatic ring is 2. The van der Waals surface area contributed by atoms with E-state index in [0.29, 0.717) is 11.5 Å². The maximum atomic E-state index is 5.88. The Labute approximate surface area is 88.5 Å². The highest BCUT2D eigenvalue weighted by Gasteiger charge is 2.12. The summed E-state index contributed by atoms with van der Waals surface area (Å²) in [6.07, 6.45) is 0. The monoisotopic (exact) mass is 202 g/mol. The summed E-state index contributed by atoms with van der Waals surface area (Å²) < 4.78 is 1.71. The zero-order valence-corrected chi connectivity index (χ0v) is 8.86. The first-order valence-corrected chi connectivity index (χ1v) is 4.74. The Kier molecular flexibility index (Phi) is 2.11. The first kappa shape index (κ1) is 9.58. The van der Waals surface area contributed by atoms with Gasteiger partial charge in [-0.25, -0.2) is 0 Å². The minimum Gasteiger partial charge on any atom is -0.394 e. The lowest BCUT2D eigenvalue weighted by atomic mass is 10.1. The van der Waals surface area contributed by atoms with Gasteiger partial charge in [0, 0.05) is 12.6 Å². The molecule has 0 atom stereocenters. The standard InChI is InChI=1S/C11H14N4/c1-7-4-3-5-8(6-7)10-9(12)11(13)14-15(10)2/h3-6H,12H2,1-2H3,(H2,13,14). The van der Waals surface area contributed by atoms with Gasteiger partial charge >= 0.3 is 0 Å². The van der Waals surface area contributed by atoms with Crippen LogP contribution in [-0.2, 0) is 7.05 Å². The van der Waals surface area contributed by atoms with E-state index < -0.39 is 0 Å². The summed E-state index contributed by atoms with van der Waals surface area (Å²) in [6.45, 7) is 2.04. The molecule has 1 heterocycles. The van der Waals surface area contributed by atoms with Crippen molar-refractivity contribution in [2.75, 3.05) is 11.5 Å². The largest absolute Gasteiger partial charge is 0.394 e. The number of anilines is 2. The third kappa shape index (κ3) is 1.54. The normalized spacial score (nSPS) is 10.5. The first-order valence-electron chi connectivity index (χ1n) is 4.74. The third-order valence-electron chi connectivity index (χ3n) is 2.40. The number of hydrogen-bond donors (Lipinski definition) is 2. The number of hydrogen-bond acceptors (Lipinski definition) is 3. The lowest BCUT2D eigenvalue weighted by molar-refractivity contribution is 0.780. The number of benzene rings is 1. The van der Waals surface area contributed by atoms with E-state index in [4.69, 9.17) is 11.5 Å². The second-order valence-corrected chi connectivity index (χ2v) is 3.64. The highest BCUT2D eigenvalue weighted by Crippen LogP contribution is 2.29. The lowest BCUT2D eigenvalue weighted by Gasteiger charge is -2.04. The molecule has 0 aliphatic heterocycles. The Bertz CT molecular complexity index is 499. The molecule has 0 bridgehead atoms. The van der Waals surface area contributed by atoms with Crippen LogP contribution in [0.25, 0.3) is 11.3 Å². The number of rotatable bonds is 1. The number of aryl methyl sites for hydroxylation is 2. The van der Waals surface area contributed by atoms with E-state index in [0.717, 1.165) is 11.3 Å². The van der Waals surface area contributed by atoms with Crippen molar-refractivity contribution in [3.63, 3.8) is 0 Å². The molecule has 0 aliphatic rings. The third-order valence-corrected chi connectivity index (χ3v) is 2.40. The van der Waals surface area contributed by atoms with Crippen molar-refractivity contribution in [2.24, 2.45) is 7.05 Å². The van der Waals surface area contributed by atoms with Gasteiger partial charge in [0.25, 0.3) is 0 Å². The fourth-order valence-corrected chi connectivity index (χ4v) is 1.70. The van der Waals surface area contributed by atoms with Crippen molar-refractivity contribution in [2.45, 2.75) is 6.92 Å². The molecular weight excluding hydrogens is 188 g/mol. The summed E-state index contributed by atoms with van der Waals surface area (Å²) in [4.78, 5) is 0. The van der Waals surface area contributed by atoms with Crippen molar-refractivity contribution >= 4 is 11.5 Å². The van der Waals surface area contributed by atoms with E-state index >= 15 is 0 Å². The van der Waals surface area contributed by atoms with Gasteiger partial charge in [-0.1, -0.05) is 23.8 Å². The van der Waals surface area contributed by atoms with Crippen LogP contribution in [0.5, 0.6) is 0 Å². The molecule has 0 radical (unpaired) electrons. The molecule has 0 aliphatic carbocycles. The van der Waals surface area contributed by atoms with Crippen molar-refractivity contribution in [1.82, 2.24) is 9.78 Å². The maximum absolute atomic E-state index is 5.88. The molecule has 0 fully saturated rings. The van der Waals surface area contributed by atoms with Gasteiger partial charge in [-0.3, -0.25) is 4.68 Å². The molecule has 0 unspecified atom stereocenters. The van der Waals surface area contributed by atoms with Crippen molar-refractivity contribution in [1.29, 1.82) is 0 Å². The summed E-state index contributed by atoms with van der Waals surface area (Å²) >= 11 is 0. The van der Waals surface area contributed by atoms with Crippen LogP contribution in [0.1, 0.15) is 5.56 Å². The summed E-state index contributed by atoms with van der Waals surface area (Å²) in [5.74, 6) is 0.383. The van der Waals surface area contributed by atoms with Gasteiger partial charge in [0.15, 0.2) is 5.82 Å². The summed E-state index contributed by atoms with van der Waals surface area (Å²) in [6, 6.07) is 8.10. The average molecular weight is 202 g/mol. The van der Waals surface area contributed by atoms with Crippen LogP contribution >= 0.6 is 0 Å². The van der Waals surface area contributed by atoms with E-state index in [2.05, 4.69) is 11.2 Å². The van der Waals surface area contributed by atoms with Crippen molar-refractivity contribution < 1.29 is 0 Å². The molecule has 4 heteroatoms. The molecular formula is C11H14N4. The second-order valence-electron chi connectivity index (χ2n) is 3.64. The predicted molar refractivity (Wildman–Crippen MR) is 62.2 cm³/mol. The van der Waals surface area contributed by atoms with Crippen LogP contribution in [0, 0.1) is 6.92 Å². The average Bonchev–Trinajstić information content (AvgIpc) is 2.41. The van der Waals surface area contributed by atoms with Crippen LogP contribution < -0.4 is 11.5 Å². The van der Waals surface area contributed by atoms with E-state index in [1.54, 1.807) is 4.68 Å². The summed E-state index contributed by atoms with van der Waals surface area (Å²) in [5.41, 5.74) is 15.2. The molecule has 0 amide bonds. The van der Waals surface area contributed by atoms with Crippen molar-refractivity contribution in [3.8, 4) is 11.3 Å². The van der Waals surface area contributed by atoms with E-state index in [1.807, 2.05) is 32.2 Å². The van der Waals surface area contributed by atoms with E-state index in [-0.39, 0.29) is 0 Å². The van der Waals surface area contributed by atoms with E-state index in [1.165, 1.54) is 5.56 Å². The highest BCUT2D eigenvalue weighted by molar-refractivity contribution is 5.80. The summed E-state index contributed by atoms with van der Waals surface area (Å²) in [7, 11) is 1.84. The molecule has 78 valence electrons. The zero-order valence-electron chi connectivity index (χ0n) is 8.86. The molecule has 1 aromatic carbocycles. The quantitative estimate of drug-likeness (QED) is 0.737. The Morgan fingerprint density at radius 3 is 2.53 bits per heavy atom. The molecule has 0 spiro atoms. The molecule has 1 aromatic heterocycles. The first-order chi connectivity index (χ1) is 7.09. The second kappa shape index (κ2) is 3.31. The summed E-state index contributed by atoms with van der Waals surface area (Å²) in [5, 5.41) is 4.09. The molecule has 4 nitrogen and oxygen atoms in total. The van der Waals surface area contributed by atoms with Gasteiger partial charge < -0.3 is 11.5 Å². The Hall–Kier alpha value is -1.97. The van der Waals surface area contributed by atoms with Crippen LogP contribution in [0.3, 0.4) is 0 Å². The van der Waals surface area contributed by atoms with Crippen LogP contribution in [0.15, 0.2) is 24.3 Å². The van der Waals surface area contributed by atoms with Crippen molar-refractivity contribution in [3.05, 3.63) is 29.8 Å². The van der Waals surface area contributed by atoms with Crippen LogP contribution in [0.4, 0.5) is 11.5 Å². The van der Waals surface area contributed by atoms with Gasteiger partial charge in [0.05, 0.1) is 5.69 Å². The fourth-order valence-electron chi connectivity index (χ4n) is 1.70. The van der Waals surface area contributed by atoms with Gasteiger partial charge in [0.2, 0.25) is 0 Å². The van der Waals surface area contributed by atoms with Crippen LogP contribution in [0.2, 0.25) is 0 Å². The van der Waals surface area contributed by atoms with E-state index in [9.17, 15) is 0 Å². The fraction of sp³-hybridized carbons (Fsp3) is 0.182. The lowest BCUT2D eigenvalue weighted by Crippen LogP contribution is -1.95. The van der Waals surface area contributed by atoms with Crippen LogP contribution in [-0.4, -0.2) is 9.78 Å². The Balaban J connectivity index is 2.63. The number of nitrogens with zero attached hydrogens (tertiary/aromatic N) is 2. The van der Waals surface area contributed by atoms with Gasteiger partial charge in [-0.15, -0.1) is 0 Å². The SMILES string of the molecule is Cc1cccc(-c2c(N)c(N)nn2C)c1. The molecule has 2 rings (SSSR count). The van der Waals surface area contributed by atoms with Gasteiger partial charge in [-0.05, 0) is 13.0 Å². The molecule has 0 saturated heterocycles. The number of nitrogens with two attached hydrogens (primary N) is 2. The molecule has 2 aromatic rings. The highest BCUT2D eigenvalue weighted by atomic mass is 15.3. The smallest absolute Gasteiger partial charge is 0.169 e. The topological polar surface area (TPSA) is 69.9 Å². The molecule has 15 heavy (non-hydrogen) atoms. The molecule has 0 saturated carbocycles. The van der Waals surface area contributed by atoms with Gasteiger partial charge in [0.1, 0.15) is 5.69 Å². The maximum Gasteiger partial charge on any atom is 0.169 e. The molecule has 4 N–H and O–H groups in total. The zero-order chi connectivity index (χ0) is 11.0.